The monoisotopic (exact) mass is 393 g/mol. The molecule has 2 aromatic heterocycles. The summed E-state index contributed by atoms with van der Waals surface area (Å²) in [5, 5.41) is 7.77. The highest BCUT2D eigenvalue weighted by Gasteiger charge is 2.11. The molecule has 0 spiro atoms. The largest absolute Gasteiger partial charge is 0.343 e. The van der Waals surface area contributed by atoms with Crippen molar-refractivity contribution in [2.75, 3.05) is 0 Å². The molecule has 28 heavy (non-hydrogen) atoms. The fourth-order valence-electron chi connectivity index (χ4n) is 3.05. The normalized spacial score (nSPS) is 11.2. The number of aryl methyl sites for hydroxylation is 2. The molecule has 7 nitrogen and oxygen atoms in total. The third kappa shape index (κ3) is 3.77. The van der Waals surface area contributed by atoms with Crippen LogP contribution in [0.4, 0.5) is 0 Å². The third-order valence-electron chi connectivity index (χ3n) is 4.52. The van der Waals surface area contributed by atoms with E-state index in [0.29, 0.717) is 34.2 Å². The standard InChI is InChI=1S/C20H19N5O2S/c1-13-6-5-9-15-17(13)21-16(22-18(15)26)12-28-20-24-23-19(27)25(20)11-10-14-7-3-2-4-8-14/h2-9H,10-12H2,1H3,(H,23,27)(H,21,22,26). The van der Waals surface area contributed by atoms with E-state index in [1.165, 1.54) is 11.8 Å². The molecule has 0 aliphatic heterocycles. The number of benzene rings is 2. The molecule has 0 fully saturated rings. The fraction of sp³-hybridized carbons (Fsp3) is 0.200. The van der Waals surface area contributed by atoms with Gasteiger partial charge in [-0.3, -0.25) is 9.36 Å². The molecule has 4 aromatic rings. The van der Waals surface area contributed by atoms with E-state index in [1.807, 2.05) is 49.4 Å². The van der Waals surface area contributed by atoms with Gasteiger partial charge in [-0.1, -0.05) is 54.2 Å². The van der Waals surface area contributed by atoms with Gasteiger partial charge < -0.3 is 4.98 Å². The van der Waals surface area contributed by atoms with Crippen molar-refractivity contribution >= 4 is 22.7 Å². The van der Waals surface area contributed by atoms with E-state index in [-0.39, 0.29) is 11.2 Å². The van der Waals surface area contributed by atoms with Crippen LogP contribution in [0, 0.1) is 6.92 Å². The molecule has 0 radical (unpaired) electrons. The summed E-state index contributed by atoms with van der Waals surface area (Å²) in [4.78, 5) is 31.8. The van der Waals surface area contributed by atoms with Crippen molar-refractivity contribution in [3.63, 3.8) is 0 Å². The molecule has 0 amide bonds. The second-order valence-electron chi connectivity index (χ2n) is 6.47. The van der Waals surface area contributed by atoms with E-state index in [1.54, 1.807) is 10.6 Å². The summed E-state index contributed by atoms with van der Waals surface area (Å²) in [6.07, 6.45) is 0.734. The average molecular weight is 393 g/mol. The van der Waals surface area contributed by atoms with Crippen LogP contribution in [0.15, 0.2) is 63.3 Å². The van der Waals surface area contributed by atoms with Crippen molar-refractivity contribution in [1.82, 2.24) is 24.7 Å². The van der Waals surface area contributed by atoms with E-state index in [9.17, 15) is 9.59 Å². The van der Waals surface area contributed by atoms with E-state index in [0.717, 1.165) is 17.5 Å². The number of aromatic nitrogens is 5. The molecule has 0 aliphatic rings. The first-order valence-corrected chi connectivity index (χ1v) is 9.91. The van der Waals surface area contributed by atoms with Gasteiger partial charge in [0.15, 0.2) is 5.16 Å². The van der Waals surface area contributed by atoms with Gasteiger partial charge in [0, 0.05) is 6.54 Å². The predicted octanol–water partition coefficient (Wildman–Crippen LogP) is 2.65. The van der Waals surface area contributed by atoms with Gasteiger partial charge in [0.05, 0.1) is 16.7 Å². The van der Waals surface area contributed by atoms with Gasteiger partial charge in [-0.05, 0) is 30.5 Å². The maximum Gasteiger partial charge on any atom is 0.343 e. The number of fused-ring (bicyclic) bond motifs is 1. The minimum absolute atomic E-state index is 0.159. The molecule has 0 saturated carbocycles. The Hall–Kier alpha value is -3.13. The molecule has 0 unspecified atom stereocenters. The fourth-order valence-corrected chi connectivity index (χ4v) is 3.89. The minimum Gasteiger partial charge on any atom is -0.309 e. The number of thioether (sulfide) groups is 1. The Morgan fingerprint density at radius 2 is 1.89 bits per heavy atom. The topological polar surface area (TPSA) is 96.4 Å². The number of nitrogens with one attached hydrogen (secondary N) is 2. The Balaban J connectivity index is 1.53. The second-order valence-corrected chi connectivity index (χ2v) is 7.41. The maximum atomic E-state index is 12.3. The molecule has 142 valence electrons. The van der Waals surface area contributed by atoms with Crippen LogP contribution >= 0.6 is 11.8 Å². The Kier molecular flexibility index (Phi) is 5.12. The number of hydrogen-bond acceptors (Lipinski definition) is 5. The van der Waals surface area contributed by atoms with Crippen LogP contribution in [0.3, 0.4) is 0 Å². The number of para-hydroxylation sites is 1. The van der Waals surface area contributed by atoms with E-state index in [4.69, 9.17) is 0 Å². The summed E-state index contributed by atoms with van der Waals surface area (Å²) in [5.74, 6) is 0.969. The minimum atomic E-state index is -0.241. The second kappa shape index (κ2) is 7.85. The van der Waals surface area contributed by atoms with Gasteiger partial charge in [0.25, 0.3) is 5.56 Å². The summed E-state index contributed by atoms with van der Waals surface area (Å²) >= 11 is 1.37. The molecule has 0 atom stereocenters. The number of H-pyrrole nitrogens is 2. The highest BCUT2D eigenvalue weighted by atomic mass is 32.2. The van der Waals surface area contributed by atoms with E-state index < -0.39 is 0 Å². The van der Waals surface area contributed by atoms with Crippen LogP contribution < -0.4 is 11.2 Å². The Morgan fingerprint density at radius 1 is 1.07 bits per heavy atom. The zero-order chi connectivity index (χ0) is 19.5. The van der Waals surface area contributed by atoms with Gasteiger partial charge in [0.2, 0.25) is 0 Å². The van der Waals surface area contributed by atoms with Gasteiger partial charge in [-0.25, -0.2) is 14.9 Å². The lowest BCUT2D eigenvalue weighted by molar-refractivity contribution is 0.615. The maximum absolute atomic E-state index is 12.3. The lowest BCUT2D eigenvalue weighted by atomic mass is 10.1. The molecule has 0 saturated heterocycles. The van der Waals surface area contributed by atoms with Crippen molar-refractivity contribution in [1.29, 1.82) is 0 Å². The van der Waals surface area contributed by atoms with E-state index in [2.05, 4.69) is 20.2 Å². The predicted molar refractivity (Wildman–Crippen MR) is 110 cm³/mol. The van der Waals surface area contributed by atoms with Gasteiger partial charge in [-0.2, -0.15) is 0 Å². The van der Waals surface area contributed by atoms with Crippen LogP contribution in [0.2, 0.25) is 0 Å². The quantitative estimate of drug-likeness (QED) is 0.491. The van der Waals surface area contributed by atoms with Gasteiger partial charge in [0.1, 0.15) is 5.82 Å². The zero-order valence-corrected chi connectivity index (χ0v) is 16.1. The molecule has 0 bridgehead atoms. The van der Waals surface area contributed by atoms with Gasteiger partial charge >= 0.3 is 5.69 Å². The third-order valence-corrected chi connectivity index (χ3v) is 5.50. The zero-order valence-electron chi connectivity index (χ0n) is 15.3. The van der Waals surface area contributed by atoms with Crippen molar-refractivity contribution < 1.29 is 0 Å². The first-order chi connectivity index (χ1) is 13.6. The first-order valence-electron chi connectivity index (χ1n) is 8.92. The van der Waals surface area contributed by atoms with Crippen molar-refractivity contribution in [2.45, 2.75) is 30.8 Å². The molecule has 2 N–H and O–H groups in total. The Bertz CT molecular complexity index is 1230. The number of aromatic amines is 2. The van der Waals surface area contributed by atoms with Crippen LogP contribution in [0.25, 0.3) is 10.9 Å². The van der Waals surface area contributed by atoms with Crippen LogP contribution in [0.1, 0.15) is 17.0 Å². The molecule has 2 heterocycles. The lowest BCUT2D eigenvalue weighted by Gasteiger charge is -2.07. The summed E-state index contributed by atoms with van der Waals surface area (Å²) in [6, 6.07) is 15.5. The average Bonchev–Trinajstić information content (AvgIpc) is 3.06. The summed E-state index contributed by atoms with van der Waals surface area (Å²) in [7, 11) is 0. The first kappa shape index (κ1) is 18.2. The highest BCUT2D eigenvalue weighted by Crippen LogP contribution is 2.19. The van der Waals surface area contributed by atoms with E-state index >= 15 is 0 Å². The van der Waals surface area contributed by atoms with Crippen molar-refractivity contribution in [3.8, 4) is 0 Å². The summed E-state index contributed by atoms with van der Waals surface area (Å²) < 4.78 is 1.61. The smallest absolute Gasteiger partial charge is 0.309 e. The molecule has 2 aromatic carbocycles. The highest BCUT2D eigenvalue weighted by molar-refractivity contribution is 7.98. The van der Waals surface area contributed by atoms with Crippen molar-refractivity contribution in [2.24, 2.45) is 0 Å². The summed E-state index contributed by atoms with van der Waals surface area (Å²) in [5.41, 5.74) is 2.41. The number of rotatable bonds is 6. The molecule has 4 rings (SSSR count). The number of hydrogen-bond donors (Lipinski definition) is 2. The van der Waals surface area contributed by atoms with Crippen LogP contribution in [-0.2, 0) is 18.7 Å². The molecular formula is C20H19N5O2S. The summed E-state index contributed by atoms with van der Waals surface area (Å²) in [6.45, 7) is 2.46. The lowest BCUT2D eigenvalue weighted by Crippen LogP contribution is -2.19. The Morgan fingerprint density at radius 3 is 2.71 bits per heavy atom. The molecule has 0 aliphatic carbocycles. The molecule has 8 heteroatoms. The van der Waals surface area contributed by atoms with Crippen LogP contribution in [0.5, 0.6) is 0 Å². The number of nitrogens with zero attached hydrogens (tertiary/aromatic N) is 3. The van der Waals surface area contributed by atoms with Crippen molar-refractivity contribution in [3.05, 3.63) is 86.3 Å². The van der Waals surface area contributed by atoms with Gasteiger partial charge in [-0.15, -0.1) is 5.10 Å². The van der Waals surface area contributed by atoms with Crippen LogP contribution in [-0.4, -0.2) is 24.7 Å². The Labute approximate surface area is 164 Å². The SMILES string of the molecule is Cc1cccc2c(=O)[nH]c(CSc3n[nH]c(=O)n3CCc3ccccc3)nc12. The molecular weight excluding hydrogens is 374 g/mol.